The van der Waals surface area contributed by atoms with Gasteiger partial charge in [-0.15, -0.1) is 0 Å². The van der Waals surface area contributed by atoms with Gasteiger partial charge in [0.1, 0.15) is 5.82 Å². The van der Waals surface area contributed by atoms with Gasteiger partial charge in [-0.05, 0) is 35.6 Å². The van der Waals surface area contributed by atoms with E-state index in [1.54, 1.807) is 6.07 Å². The first-order chi connectivity index (χ1) is 8.09. The van der Waals surface area contributed by atoms with Crippen LogP contribution in [0.3, 0.4) is 0 Å². The minimum atomic E-state index is -0.113. The van der Waals surface area contributed by atoms with Crippen LogP contribution in [0.4, 0.5) is 4.39 Å². The first-order valence-electron chi connectivity index (χ1n) is 5.95. The lowest BCUT2D eigenvalue weighted by Crippen LogP contribution is -1.96. The number of halogens is 1. The summed E-state index contributed by atoms with van der Waals surface area (Å²) >= 11 is 0. The molecular weight excluding hydrogens is 211 g/mol. The molecule has 0 aliphatic carbocycles. The Morgan fingerprint density at radius 2 is 1.59 bits per heavy atom. The highest BCUT2D eigenvalue weighted by molar-refractivity contribution is 5.68. The molecule has 0 N–H and O–H groups in total. The lowest BCUT2D eigenvalue weighted by molar-refractivity contribution is 0.599. The van der Waals surface area contributed by atoms with Crippen LogP contribution >= 0.6 is 0 Å². The summed E-state index contributed by atoms with van der Waals surface area (Å²) in [5, 5.41) is 0. The van der Waals surface area contributed by atoms with Crippen LogP contribution < -0.4 is 0 Å². The Bertz CT molecular complexity index is 510. The van der Waals surface area contributed by atoms with Gasteiger partial charge >= 0.3 is 0 Å². The predicted octanol–water partition coefficient (Wildman–Crippen LogP) is 4.92. The average molecular weight is 228 g/mol. The zero-order chi connectivity index (χ0) is 12.4. The topological polar surface area (TPSA) is 0 Å². The van der Waals surface area contributed by atoms with Crippen molar-refractivity contribution in [1.29, 1.82) is 0 Å². The highest BCUT2D eigenvalue weighted by Crippen LogP contribution is 2.31. The Morgan fingerprint density at radius 1 is 0.941 bits per heavy atom. The van der Waals surface area contributed by atoms with Crippen LogP contribution in [0.25, 0.3) is 11.1 Å². The molecule has 0 unspecified atom stereocenters. The van der Waals surface area contributed by atoms with E-state index in [2.05, 4.69) is 31.2 Å². The van der Waals surface area contributed by atoms with E-state index in [1.165, 1.54) is 11.6 Å². The third-order valence-electron chi connectivity index (χ3n) is 2.99. The normalized spacial score (nSPS) is 10.9. The number of hydrogen-bond donors (Lipinski definition) is 0. The highest BCUT2D eigenvalue weighted by Gasteiger charge is 2.12. The van der Waals surface area contributed by atoms with Crippen molar-refractivity contribution < 1.29 is 4.39 Å². The molecule has 0 fully saturated rings. The van der Waals surface area contributed by atoms with Crippen molar-refractivity contribution in [3.8, 4) is 11.1 Å². The van der Waals surface area contributed by atoms with E-state index < -0.39 is 0 Å². The Labute approximate surface area is 102 Å². The molecule has 0 radical (unpaired) electrons. The highest BCUT2D eigenvalue weighted by atomic mass is 19.1. The van der Waals surface area contributed by atoms with E-state index in [4.69, 9.17) is 0 Å². The molecule has 0 saturated carbocycles. The predicted molar refractivity (Wildman–Crippen MR) is 70.7 cm³/mol. The number of benzene rings is 2. The smallest absolute Gasteiger partial charge is 0.127 e. The van der Waals surface area contributed by atoms with Gasteiger partial charge in [0.15, 0.2) is 0 Å². The second-order valence-corrected chi connectivity index (χ2v) is 4.72. The standard InChI is InChI=1S/C16H17F/c1-11(2)16-14(5-4-6-15(16)17)13-9-7-12(3)8-10-13/h4-11H,1-3H3. The fraction of sp³-hybridized carbons (Fsp3) is 0.250. The second kappa shape index (κ2) is 4.70. The Kier molecular flexibility index (Phi) is 3.28. The summed E-state index contributed by atoms with van der Waals surface area (Å²) in [5.41, 5.74) is 4.10. The van der Waals surface area contributed by atoms with Crippen LogP contribution in [0.1, 0.15) is 30.9 Å². The van der Waals surface area contributed by atoms with E-state index in [1.807, 2.05) is 19.9 Å². The number of hydrogen-bond acceptors (Lipinski definition) is 0. The van der Waals surface area contributed by atoms with Gasteiger partial charge in [-0.2, -0.15) is 0 Å². The van der Waals surface area contributed by atoms with E-state index in [0.29, 0.717) is 0 Å². The summed E-state index contributed by atoms with van der Waals surface area (Å²) in [7, 11) is 0. The summed E-state index contributed by atoms with van der Waals surface area (Å²) < 4.78 is 13.9. The van der Waals surface area contributed by atoms with Crippen LogP contribution in [-0.4, -0.2) is 0 Å². The molecule has 2 aromatic carbocycles. The van der Waals surface area contributed by atoms with Crippen molar-refractivity contribution in [3.63, 3.8) is 0 Å². The largest absolute Gasteiger partial charge is 0.207 e. The van der Waals surface area contributed by atoms with Gasteiger partial charge < -0.3 is 0 Å². The molecule has 0 atom stereocenters. The van der Waals surface area contributed by atoms with Crippen molar-refractivity contribution in [2.75, 3.05) is 0 Å². The molecule has 0 saturated heterocycles. The third-order valence-corrected chi connectivity index (χ3v) is 2.99. The Hall–Kier alpha value is -1.63. The maximum atomic E-state index is 13.9. The second-order valence-electron chi connectivity index (χ2n) is 4.72. The van der Waals surface area contributed by atoms with Gasteiger partial charge in [-0.3, -0.25) is 0 Å². The number of aryl methyl sites for hydroxylation is 1. The Balaban J connectivity index is 2.59. The summed E-state index contributed by atoms with van der Waals surface area (Å²) in [5.74, 6) is 0.0746. The maximum absolute atomic E-state index is 13.9. The van der Waals surface area contributed by atoms with Crippen LogP contribution in [0.15, 0.2) is 42.5 Å². The molecule has 0 bridgehead atoms. The summed E-state index contributed by atoms with van der Waals surface area (Å²) in [4.78, 5) is 0. The molecule has 2 rings (SSSR count). The summed E-state index contributed by atoms with van der Waals surface area (Å²) in [6.07, 6.45) is 0. The minimum Gasteiger partial charge on any atom is -0.207 e. The maximum Gasteiger partial charge on any atom is 0.127 e. The molecule has 0 nitrogen and oxygen atoms in total. The molecule has 2 aromatic rings. The van der Waals surface area contributed by atoms with Crippen molar-refractivity contribution in [2.45, 2.75) is 26.7 Å². The van der Waals surface area contributed by atoms with Crippen LogP contribution in [0, 0.1) is 12.7 Å². The molecule has 1 heteroatoms. The zero-order valence-electron chi connectivity index (χ0n) is 10.5. The average Bonchev–Trinajstić information content (AvgIpc) is 2.29. The van der Waals surface area contributed by atoms with E-state index >= 15 is 0 Å². The Morgan fingerprint density at radius 3 is 2.18 bits per heavy atom. The fourth-order valence-corrected chi connectivity index (χ4v) is 2.11. The summed E-state index contributed by atoms with van der Waals surface area (Å²) in [6, 6.07) is 13.5. The monoisotopic (exact) mass is 228 g/mol. The van der Waals surface area contributed by atoms with Crippen LogP contribution in [0.5, 0.6) is 0 Å². The van der Waals surface area contributed by atoms with Crippen molar-refractivity contribution in [3.05, 3.63) is 59.4 Å². The lowest BCUT2D eigenvalue weighted by Gasteiger charge is -2.14. The molecule has 88 valence electrons. The van der Waals surface area contributed by atoms with Gasteiger partial charge in [0.05, 0.1) is 0 Å². The van der Waals surface area contributed by atoms with Gasteiger partial charge in [0, 0.05) is 0 Å². The van der Waals surface area contributed by atoms with E-state index in [0.717, 1.165) is 16.7 Å². The van der Waals surface area contributed by atoms with Gasteiger partial charge in [0.2, 0.25) is 0 Å². The molecular formula is C16H17F. The van der Waals surface area contributed by atoms with Crippen LogP contribution in [0.2, 0.25) is 0 Å². The lowest BCUT2D eigenvalue weighted by atomic mass is 9.92. The quantitative estimate of drug-likeness (QED) is 0.684. The molecule has 0 spiro atoms. The van der Waals surface area contributed by atoms with Gasteiger partial charge in [0.25, 0.3) is 0 Å². The molecule has 17 heavy (non-hydrogen) atoms. The third kappa shape index (κ3) is 2.38. The summed E-state index contributed by atoms with van der Waals surface area (Å²) in [6.45, 7) is 6.10. The van der Waals surface area contributed by atoms with E-state index in [-0.39, 0.29) is 11.7 Å². The number of rotatable bonds is 2. The van der Waals surface area contributed by atoms with Crippen molar-refractivity contribution >= 4 is 0 Å². The molecule has 0 aromatic heterocycles. The van der Waals surface area contributed by atoms with E-state index in [9.17, 15) is 4.39 Å². The fourth-order valence-electron chi connectivity index (χ4n) is 2.11. The van der Waals surface area contributed by atoms with Crippen molar-refractivity contribution in [1.82, 2.24) is 0 Å². The first-order valence-corrected chi connectivity index (χ1v) is 5.95. The SMILES string of the molecule is Cc1ccc(-c2cccc(F)c2C(C)C)cc1. The van der Waals surface area contributed by atoms with Crippen LogP contribution in [-0.2, 0) is 0 Å². The van der Waals surface area contributed by atoms with Crippen molar-refractivity contribution in [2.24, 2.45) is 0 Å². The van der Waals surface area contributed by atoms with Gasteiger partial charge in [-0.25, -0.2) is 4.39 Å². The molecule has 0 amide bonds. The molecule has 0 heterocycles. The molecule has 0 aliphatic heterocycles. The molecule has 0 aliphatic rings. The van der Waals surface area contributed by atoms with Gasteiger partial charge in [-0.1, -0.05) is 55.8 Å². The zero-order valence-corrected chi connectivity index (χ0v) is 10.5. The first kappa shape index (κ1) is 11.8. The minimum absolute atomic E-state index is 0.113.